The molecule has 5 heteroatoms. The summed E-state index contributed by atoms with van der Waals surface area (Å²) < 4.78 is 11.2. The Labute approximate surface area is 259 Å². The molecule has 0 saturated heterocycles. The molecule has 206 valence electrons. The molecule has 44 heavy (non-hydrogen) atoms. The number of thiophene rings is 2. The van der Waals surface area contributed by atoms with E-state index in [0.717, 1.165) is 39.0 Å². The third kappa shape index (κ3) is 3.51. The van der Waals surface area contributed by atoms with Gasteiger partial charge in [0.05, 0.1) is 16.6 Å². The van der Waals surface area contributed by atoms with Crippen LogP contribution >= 0.6 is 22.7 Å². The number of fused-ring (bicyclic) bond motifs is 10. The fraction of sp³-hybridized carbons (Fsp3) is 0. The van der Waals surface area contributed by atoms with Crippen LogP contribution in [0.3, 0.4) is 0 Å². The van der Waals surface area contributed by atoms with E-state index in [2.05, 4.69) is 114 Å². The van der Waals surface area contributed by atoms with Gasteiger partial charge in [-0.3, -0.25) is 4.98 Å². The summed E-state index contributed by atoms with van der Waals surface area (Å²) in [7, 11) is 0. The lowest BCUT2D eigenvalue weighted by Crippen LogP contribution is -2.10. The van der Waals surface area contributed by atoms with Gasteiger partial charge in [0.25, 0.3) is 0 Å². The quantitative estimate of drug-likeness (QED) is 0.203. The van der Waals surface area contributed by atoms with Crippen LogP contribution in [0.25, 0.3) is 73.1 Å². The molecule has 0 unspecified atom stereocenters. The van der Waals surface area contributed by atoms with E-state index in [0.29, 0.717) is 0 Å². The monoisotopic (exact) mass is 598 g/mol. The number of para-hydroxylation sites is 1. The molecule has 0 saturated carbocycles. The van der Waals surface area contributed by atoms with Crippen LogP contribution in [0.15, 0.2) is 138 Å². The third-order valence-corrected chi connectivity index (χ3v) is 10.9. The number of nitrogens with zero attached hydrogens (tertiary/aromatic N) is 2. The topological polar surface area (TPSA) is 29.3 Å². The number of benzene rings is 6. The van der Waals surface area contributed by atoms with Gasteiger partial charge >= 0.3 is 0 Å². The molecule has 0 amide bonds. The fourth-order valence-electron chi connectivity index (χ4n) is 6.70. The van der Waals surface area contributed by atoms with E-state index in [1.165, 1.54) is 51.1 Å². The number of aromatic nitrogens is 1. The van der Waals surface area contributed by atoms with E-state index in [9.17, 15) is 0 Å². The lowest BCUT2D eigenvalue weighted by Gasteiger charge is -2.26. The summed E-state index contributed by atoms with van der Waals surface area (Å²) in [5.41, 5.74) is 5.03. The molecule has 0 atom stereocenters. The minimum absolute atomic E-state index is 0.888. The predicted molar refractivity (Wildman–Crippen MR) is 189 cm³/mol. The molecule has 0 aliphatic carbocycles. The molecule has 3 nitrogen and oxygen atoms in total. The first kappa shape index (κ1) is 24.2. The van der Waals surface area contributed by atoms with Gasteiger partial charge in [0.1, 0.15) is 11.2 Å². The second-order valence-corrected chi connectivity index (χ2v) is 13.4. The van der Waals surface area contributed by atoms with E-state index in [-0.39, 0.29) is 0 Å². The molecule has 0 radical (unpaired) electrons. The Balaban J connectivity index is 1.29. The molecular weight excluding hydrogens is 577 g/mol. The average molecular weight is 599 g/mol. The van der Waals surface area contributed by atoms with Crippen molar-refractivity contribution in [3.8, 4) is 0 Å². The lowest BCUT2D eigenvalue weighted by atomic mass is 10.0. The minimum Gasteiger partial charge on any atom is -0.456 e. The predicted octanol–water partition coefficient (Wildman–Crippen LogP) is 12.3. The smallest absolute Gasteiger partial charge is 0.135 e. The van der Waals surface area contributed by atoms with Crippen molar-refractivity contribution in [3.63, 3.8) is 0 Å². The van der Waals surface area contributed by atoms with Gasteiger partial charge in [0, 0.05) is 64.0 Å². The van der Waals surface area contributed by atoms with Crippen molar-refractivity contribution in [2.45, 2.75) is 0 Å². The second-order valence-electron chi connectivity index (χ2n) is 11.2. The van der Waals surface area contributed by atoms with E-state index < -0.39 is 0 Å². The highest BCUT2D eigenvalue weighted by molar-refractivity contribution is 7.26. The zero-order valence-corrected chi connectivity index (χ0v) is 25.0. The van der Waals surface area contributed by atoms with Crippen LogP contribution in [0.4, 0.5) is 17.1 Å². The van der Waals surface area contributed by atoms with Crippen LogP contribution in [0.2, 0.25) is 0 Å². The molecule has 6 aromatic carbocycles. The molecule has 0 bridgehead atoms. The summed E-state index contributed by atoms with van der Waals surface area (Å²) in [6.07, 6.45) is 4.03. The fourth-order valence-corrected chi connectivity index (χ4v) is 8.96. The summed E-state index contributed by atoms with van der Waals surface area (Å²) in [6, 6.07) is 43.6. The minimum atomic E-state index is 0.888. The summed E-state index contributed by atoms with van der Waals surface area (Å²) in [6.45, 7) is 0. The van der Waals surface area contributed by atoms with Crippen LogP contribution in [-0.2, 0) is 0 Å². The van der Waals surface area contributed by atoms with E-state index in [1.54, 1.807) is 0 Å². The molecule has 10 rings (SSSR count). The van der Waals surface area contributed by atoms with Gasteiger partial charge < -0.3 is 9.32 Å². The van der Waals surface area contributed by atoms with Crippen molar-refractivity contribution in [1.82, 2.24) is 4.98 Å². The van der Waals surface area contributed by atoms with Crippen LogP contribution in [-0.4, -0.2) is 4.98 Å². The number of pyridine rings is 1. The zero-order chi connectivity index (χ0) is 28.8. The summed E-state index contributed by atoms with van der Waals surface area (Å²) in [5, 5.41) is 9.78. The van der Waals surface area contributed by atoms with Gasteiger partial charge in [-0.05, 0) is 65.4 Å². The van der Waals surface area contributed by atoms with Gasteiger partial charge in [-0.25, -0.2) is 0 Å². The van der Waals surface area contributed by atoms with E-state index >= 15 is 0 Å². The highest BCUT2D eigenvalue weighted by atomic mass is 32.1. The highest BCUT2D eigenvalue weighted by Gasteiger charge is 2.21. The Morgan fingerprint density at radius 1 is 0.477 bits per heavy atom. The van der Waals surface area contributed by atoms with Crippen LogP contribution < -0.4 is 4.90 Å². The Kier molecular flexibility index (Phi) is 5.03. The number of hydrogen-bond acceptors (Lipinski definition) is 5. The van der Waals surface area contributed by atoms with E-state index in [4.69, 9.17) is 9.40 Å². The maximum atomic E-state index is 6.22. The van der Waals surface area contributed by atoms with Crippen molar-refractivity contribution in [2.75, 3.05) is 4.90 Å². The van der Waals surface area contributed by atoms with Crippen LogP contribution in [0, 0.1) is 0 Å². The SMILES string of the molecule is c1ccc2cc3c(cc2c1)sc1cncc(N(c2ccc4c(c2)sc2ccccc24)c2ccc4oc5ccccc5c4c2)c13. The molecule has 4 heterocycles. The maximum Gasteiger partial charge on any atom is 0.135 e. The summed E-state index contributed by atoms with van der Waals surface area (Å²) in [5.74, 6) is 0. The first-order chi connectivity index (χ1) is 21.8. The normalized spacial score (nSPS) is 12.1. The van der Waals surface area contributed by atoms with Crippen molar-refractivity contribution in [3.05, 3.63) is 134 Å². The molecular formula is C39H22N2OS2. The summed E-state index contributed by atoms with van der Waals surface area (Å²) in [4.78, 5) is 7.18. The highest BCUT2D eigenvalue weighted by Crippen LogP contribution is 2.47. The lowest BCUT2D eigenvalue weighted by molar-refractivity contribution is 0.669. The van der Waals surface area contributed by atoms with E-state index in [1.807, 2.05) is 47.2 Å². The maximum absolute atomic E-state index is 6.22. The Hall–Kier alpha value is -5.23. The molecule has 0 N–H and O–H groups in total. The van der Waals surface area contributed by atoms with Crippen LogP contribution in [0.1, 0.15) is 0 Å². The number of anilines is 3. The standard InChI is InChI=1S/C39H22N2OS2/c1-2-8-24-18-36-31(17-23(24)7-1)39-32(21-40-22-38(39)44-36)41(25-14-16-34-30(19-25)27-9-3-5-11-33(27)42-34)26-13-15-29-28-10-4-6-12-35(28)43-37(29)20-26/h1-22H. The molecule has 0 aliphatic rings. The second kappa shape index (κ2) is 9.13. The molecule has 0 aliphatic heterocycles. The largest absolute Gasteiger partial charge is 0.456 e. The third-order valence-electron chi connectivity index (χ3n) is 8.71. The molecule has 0 spiro atoms. The number of rotatable bonds is 3. The first-order valence-corrected chi connectivity index (χ1v) is 16.2. The van der Waals surface area contributed by atoms with Gasteiger partial charge in [0.15, 0.2) is 0 Å². The zero-order valence-electron chi connectivity index (χ0n) is 23.3. The molecule has 0 fully saturated rings. The van der Waals surface area contributed by atoms with Gasteiger partial charge in [-0.2, -0.15) is 0 Å². The van der Waals surface area contributed by atoms with Crippen molar-refractivity contribution >= 4 is 113 Å². The Morgan fingerprint density at radius 2 is 1.16 bits per heavy atom. The first-order valence-electron chi connectivity index (χ1n) is 14.6. The average Bonchev–Trinajstić information content (AvgIpc) is 3.74. The number of furan rings is 1. The van der Waals surface area contributed by atoms with Crippen molar-refractivity contribution < 1.29 is 4.42 Å². The molecule has 10 aromatic rings. The molecule has 4 aromatic heterocycles. The van der Waals surface area contributed by atoms with Gasteiger partial charge in [0.2, 0.25) is 0 Å². The van der Waals surface area contributed by atoms with Crippen molar-refractivity contribution in [1.29, 1.82) is 0 Å². The summed E-state index contributed by atoms with van der Waals surface area (Å²) >= 11 is 3.65. The van der Waals surface area contributed by atoms with Gasteiger partial charge in [-0.15, -0.1) is 22.7 Å². The Bertz CT molecular complexity index is 2750. The van der Waals surface area contributed by atoms with Crippen molar-refractivity contribution in [2.24, 2.45) is 0 Å². The number of hydrogen-bond donors (Lipinski definition) is 0. The van der Waals surface area contributed by atoms with Crippen LogP contribution in [0.5, 0.6) is 0 Å². The van der Waals surface area contributed by atoms with Gasteiger partial charge in [-0.1, -0.05) is 66.7 Å². The Morgan fingerprint density at radius 3 is 2.09 bits per heavy atom.